The van der Waals surface area contributed by atoms with Gasteiger partial charge >= 0.3 is 5.97 Å². The molecular formula is C16H18N4O7S2. The van der Waals surface area contributed by atoms with Crippen molar-refractivity contribution in [3.8, 4) is 5.75 Å². The molecule has 0 unspecified atom stereocenters. The average Bonchev–Trinajstić information content (AvgIpc) is 3.16. The number of aryl methyl sites for hydroxylation is 1. The minimum atomic E-state index is -4.29. The Morgan fingerprint density at radius 2 is 1.97 bits per heavy atom. The Hall–Kier alpha value is -2.74. The van der Waals surface area contributed by atoms with Crippen LogP contribution in [0.4, 0.5) is 5.13 Å². The van der Waals surface area contributed by atoms with Gasteiger partial charge in [0.1, 0.15) is 17.0 Å². The van der Waals surface area contributed by atoms with Crippen molar-refractivity contribution in [2.75, 3.05) is 31.2 Å². The van der Waals surface area contributed by atoms with Crippen LogP contribution >= 0.6 is 11.3 Å². The van der Waals surface area contributed by atoms with Crippen molar-refractivity contribution in [2.24, 2.45) is 0 Å². The first-order valence-electron chi connectivity index (χ1n) is 8.36. The van der Waals surface area contributed by atoms with E-state index in [1.54, 1.807) is 0 Å². The molecule has 13 heteroatoms. The highest BCUT2D eigenvalue weighted by molar-refractivity contribution is 7.89. The quantitative estimate of drug-likeness (QED) is 0.462. The van der Waals surface area contributed by atoms with Gasteiger partial charge in [-0.1, -0.05) is 0 Å². The van der Waals surface area contributed by atoms with Gasteiger partial charge in [0.15, 0.2) is 5.13 Å². The molecule has 0 spiro atoms. The first kappa shape index (κ1) is 21.0. The highest BCUT2D eigenvalue weighted by atomic mass is 32.2. The molecule has 1 amide bonds. The number of anilines is 1. The number of benzene rings is 1. The number of hydrazine groups is 1. The van der Waals surface area contributed by atoms with Crippen LogP contribution in [0.3, 0.4) is 0 Å². The lowest BCUT2D eigenvalue weighted by Gasteiger charge is -2.25. The van der Waals surface area contributed by atoms with E-state index in [2.05, 4.69) is 10.4 Å². The van der Waals surface area contributed by atoms with E-state index in [1.165, 1.54) is 23.6 Å². The molecule has 1 aliphatic heterocycles. The van der Waals surface area contributed by atoms with Gasteiger partial charge in [0, 0.05) is 18.5 Å². The molecule has 1 aliphatic rings. The molecule has 0 bridgehead atoms. The Bertz CT molecular complexity index is 1050. The third kappa shape index (κ3) is 4.64. The van der Waals surface area contributed by atoms with Gasteiger partial charge in [-0.3, -0.25) is 10.2 Å². The first-order valence-corrected chi connectivity index (χ1v) is 10.7. The molecule has 2 aromatic rings. The molecule has 1 saturated heterocycles. The van der Waals surface area contributed by atoms with Crippen LogP contribution in [-0.2, 0) is 14.8 Å². The summed E-state index contributed by atoms with van der Waals surface area (Å²) in [5.74, 6) is -2.81. The summed E-state index contributed by atoms with van der Waals surface area (Å²) in [5.41, 5.74) is 1.63. The number of hydrogen-bond donors (Lipinski definition) is 4. The number of carboxylic acid groups (broad SMARTS) is 1. The largest absolute Gasteiger partial charge is 0.507 e. The molecule has 0 saturated carbocycles. The van der Waals surface area contributed by atoms with Gasteiger partial charge < -0.3 is 19.8 Å². The molecule has 1 fully saturated rings. The van der Waals surface area contributed by atoms with Crippen LogP contribution in [0.1, 0.15) is 26.4 Å². The monoisotopic (exact) mass is 442 g/mol. The third-order valence-electron chi connectivity index (χ3n) is 4.12. The maximum Gasteiger partial charge on any atom is 0.339 e. The summed E-state index contributed by atoms with van der Waals surface area (Å²) in [7, 11) is -4.29. The molecule has 0 aliphatic carbocycles. The number of aromatic nitrogens is 1. The maximum atomic E-state index is 12.5. The number of thiazole rings is 1. The molecule has 1 aromatic carbocycles. The standard InChI is InChI=1S/C16H18N4O7S2/c1-9-6-12(21)10(15(23)24)7-13(9)29(25,26)19-18-14(22)11-8-28-16(17-11)20-2-4-27-5-3-20/h6-8,19,21H,2-5H2,1H3,(H,18,22)(H,23,24). The number of sulfonamides is 1. The average molecular weight is 442 g/mol. The maximum absolute atomic E-state index is 12.5. The summed E-state index contributed by atoms with van der Waals surface area (Å²) in [4.78, 5) is 31.1. The van der Waals surface area contributed by atoms with Crippen LogP contribution in [0.2, 0.25) is 0 Å². The molecular weight excluding hydrogens is 424 g/mol. The second-order valence-electron chi connectivity index (χ2n) is 6.11. The van der Waals surface area contributed by atoms with E-state index >= 15 is 0 Å². The van der Waals surface area contributed by atoms with Gasteiger partial charge in [-0.2, -0.15) is 0 Å². The number of rotatable bonds is 6. The fraction of sp³-hybridized carbons (Fsp3) is 0.312. The topological polar surface area (TPSA) is 158 Å². The molecule has 11 nitrogen and oxygen atoms in total. The molecule has 2 heterocycles. The number of carbonyl (C=O) groups excluding carboxylic acids is 1. The number of carboxylic acids is 1. The van der Waals surface area contributed by atoms with Crippen LogP contribution in [-0.4, -0.2) is 61.8 Å². The second-order valence-corrected chi connectivity index (χ2v) is 8.60. The van der Waals surface area contributed by atoms with Crippen molar-refractivity contribution in [1.82, 2.24) is 15.2 Å². The number of morpholine rings is 1. The van der Waals surface area contributed by atoms with Crippen LogP contribution in [0.5, 0.6) is 5.75 Å². The number of ether oxygens (including phenoxy) is 1. The number of amides is 1. The summed E-state index contributed by atoms with van der Waals surface area (Å²) in [5, 5.41) is 20.8. The lowest BCUT2D eigenvalue weighted by molar-refractivity contribution is 0.0693. The molecule has 156 valence electrons. The van der Waals surface area contributed by atoms with Gasteiger partial charge in [-0.05, 0) is 24.6 Å². The number of aromatic hydroxyl groups is 1. The molecule has 0 atom stereocenters. The van der Waals surface area contributed by atoms with E-state index in [1.807, 2.05) is 9.73 Å². The van der Waals surface area contributed by atoms with E-state index in [4.69, 9.17) is 9.84 Å². The number of nitrogens with one attached hydrogen (secondary N) is 2. The fourth-order valence-electron chi connectivity index (χ4n) is 2.63. The Balaban J connectivity index is 1.72. The van der Waals surface area contributed by atoms with Crippen LogP contribution in [0.25, 0.3) is 0 Å². The Labute approximate surface area is 170 Å². The zero-order valence-corrected chi connectivity index (χ0v) is 16.8. The molecule has 4 N–H and O–H groups in total. The SMILES string of the molecule is Cc1cc(O)c(C(=O)O)cc1S(=O)(=O)NNC(=O)c1csc(N2CCOCC2)n1. The van der Waals surface area contributed by atoms with Crippen molar-refractivity contribution >= 4 is 38.4 Å². The van der Waals surface area contributed by atoms with Crippen molar-refractivity contribution < 1.29 is 33.0 Å². The van der Waals surface area contributed by atoms with Gasteiger partial charge in [-0.15, -0.1) is 16.2 Å². The number of nitrogens with zero attached hydrogens (tertiary/aromatic N) is 2. The van der Waals surface area contributed by atoms with Gasteiger partial charge in [0.05, 0.1) is 18.1 Å². The molecule has 29 heavy (non-hydrogen) atoms. The van der Waals surface area contributed by atoms with Crippen molar-refractivity contribution in [3.05, 3.63) is 34.3 Å². The number of hydrogen-bond acceptors (Lipinski definition) is 9. The minimum Gasteiger partial charge on any atom is -0.507 e. The van der Waals surface area contributed by atoms with E-state index < -0.39 is 33.2 Å². The fourth-order valence-corrected chi connectivity index (χ4v) is 4.59. The van der Waals surface area contributed by atoms with E-state index in [-0.39, 0.29) is 16.2 Å². The smallest absolute Gasteiger partial charge is 0.339 e. The van der Waals surface area contributed by atoms with E-state index in [0.717, 1.165) is 12.1 Å². The summed E-state index contributed by atoms with van der Waals surface area (Å²) >= 11 is 1.25. The second kappa shape index (κ2) is 8.32. The summed E-state index contributed by atoms with van der Waals surface area (Å²) in [6.07, 6.45) is 0. The minimum absolute atomic E-state index is 0.0350. The third-order valence-corrected chi connectivity index (χ3v) is 6.41. The van der Waals surface area contributed by atoms with Crippen molar-refractivity contribution in [3.63, 3.8) is 0 Å². The van der Waals surface area contributed by atoms with Crippen molar-refractivity contribution in [1.29, 1.82) is 0 Å². The summed E-state index contributed by atoms with van der Waals surface area (Å²) in [6.45, 7) is 3.80. The molecule has 1 aromatic heterocycles. The first-order chi connectivity index (χ1) is 13.7. The van der Waals surface area contributed by atoms with Gasteiger partial charge in [-0.25, -0.2) is 18.2 Å². The highest BCUT2D eigenvalue weighted by Gasteiger charge is 2.23. The highest BCUT2D eigenvalue weighted by Crippen LogP contribution is 2.25. The predicted molar refractivity (Wildman–Crippen MR) is 103 cm³/mol. The van der Waals surface area contributed by atoms with Gasteiger partial charge in [0.2, 0.25) is 0 Å². The van der Waals surface area contributed by atoms with Crippen LogP contribution < -0.4 is 15.2 Å². The Morgan fingerprint density at radius 3 is 2.62 bits per heavy atom. The zero-order chi connectivity index (χ0) is 21.2. The number of carbonyl (C=O) groups is 2. The van der Waals surface area contributed by atoms with Crippen molar-refractivity contribution in [2.45, 2.75) is 11.8 Å². The zero-order valence-electron chi connectivity index (χ0n) is 15.2. The number of phenols is 1. The summed E-state index contributed by atoms with van der Waals surface area (Å²) < 4.78 is 30.2. The van der Waals surface area contributed by atoms with Gasteiger partial charge in [0.25, 0.3) is 15.9 Å². The van der Waals surface area contributed by atoms with Crippen LogP contribution in [0.15, 0.2) is 22.4 Å². The lowest BCUT2D eigenvalue weighted by atomic mass is 10.1. The molecule has 3 rings (SSSR count). The Morgan fingerprint density at radius 1 is 1.28 bits per heavy atom. The Kier molecular flexibility index (Phi) is 6.02. The summed E-state index contributed by atoms with van der Waals surface area (Å²) in [6, 6.07) is 1.84. The lowest BCUT2D eigenvalue weighted by Crippen LogP contribution is -2.42. The molecule has 0 radical (unpaired) electrons. The normalized spacial score (nSPS) is 14.6. The predicted octanol–water partition coefficient (Wildman–Crippen LogP) is 0.315. The number of aromatic carboxylic acids is 1. The van der Waals surface area contributed by atoms with Crippen LogP contribution in [0, 0.1) is 6.92 Å². The van der Waals surface area contributed by atoms with E-state index in [9.17, 15) is 23.1 Å². The van der Waals surface area contributed by atoms with E-state index in [0.29, 0.717) is 31.4 Å².